The van der Waals surface area contributed by atoms with Crippen LogP contribution < -0.4 is 5.73 Å². The van der Waals surface area contributed by atoms with Crippen LogP contribution in [0.1, 0.15) is 31.0 Å². The molecule has 0 aliphatic carbocycles. The van der Waals surface area contributed by atoms with Gasteiger partial charge >= 0.3 is 0 Å². The molecule has 0 saturated heterocycles. The fourth-order valence-corrected chi connectivity index (χ4v) is 3.90. The summed E-state index contributed by atoms with van der Waals surface area (Å²) in [6.45, 7) is 4.30. The topological polar surface area (TPSA) is 59.4 Å². The van der Waals surface area contributed by atoms with Crippen LogP contribution in [0.2, 0.25) is 5.02 Å². The zero-order valence-electron chi connectivity index (χ0n) is 16.7. The summed E-state index contributed by atoms with van der Waals surface area (Å²) in [6.07, 6.45) is 7.81. The highest BCUT2D eigenvalue weighted by atomic mass is 35.5. The molecule has 6 heteroatoms. The van der Waals surface area contributed by atoms with Crippen molar-refractivity contribution in [3.63, 3.8) is 0 Å². The number of anilines is 1. The van der Waals surface area contributed by atoms with Crippen LogP contribution in [-0.4, -0.2) is 27.1 Å². The van der Waals surface area contributed by atoms with Crippen LogP contribution in [0.4, 0.5) is 5.69 Å². The zero-order valence-corrected chi connectivity index (χ0v) is 17.5. The van der Waals surface area contributed by atoms with E-state index in [9.17, 15) is 0 Å². The van der Waals surface area contributed by atoms with Gasteiger partial charge in [0.05, 0.1) is 22.9 Å². The minimum absolute atomic E-state index is 0.00366. The summed E-state index contributed by atoms with van der Waals surface area (Å²) in [4.78, 5) is 6.92. The monoisotopic (exact) mass is 405 g/mol. The Hall–Kier alpha value is -3.05. The molecule has 1 aliphatic heterocycles. The van der Waals surface area contributed by atoms with E-state index in [1.807, 2.05) is 54.6 Å². The number of benzene rings is 2. The number of hydrogen-bond acceptors (Lipinski definition) is 4. The van der Waals surface area contributed by atoms with Crippen LogP contribution in [0.3, 0.4) is 0 Å². The van der Waals surface area contributed by atoms with Crippen molar-refractivity contribution in [3.05, 3.63) is 77.1 Å². The third kappa shape index (κ3) is 3.78. The summed E-state index contributed by atoms with van der Waals surface area (Å²) in [5.74, 6) is 0. The highest BCUT2D eigenvalue weighted by Gasteiger charge is 2.26. The largest absolute Gasteiger partial charge is 0.398 e. The van der Waals surface area contributed by atoms with E-state index in [1.54, 1.807) is 0 Å². The average molecular weight is 406 g/mol. The molecule has 2 N–H and O–H groups in total. The Bertz CT molecular complexity index is 1100. The summed E-state index contributed by atoms with van der Waals surface area (Å²) >= 11 is 6.13. The van der Waals surface area contributed by atoms with Gasteiger partial charge in [0.15, 0.2) is 0 Å². The Morgan fingerprint density at radius 3 is 2.66 bits per heavy atom. The number of nitrogens with zero attached hydrogens (tertiary/aromatic N) is 4. The van der Waals surface area contributed by atoms with Crippen molar-refractivity contribution in [2.45, 2.75) is 26.1 Å². The van der Waals surface area contributed by atoms with E-state index < -0.39 is 0 Å². The van der Waals surface area contributed by atoms with E-state index >= 15 is 0 Å². The lowest BCUT2D eigenvalue weighted by molar-refractivity contribution is 0.252. The SMILES string of the molecule is CC1N=CC=C(c2ccc(Cl)c(N)c2)N1C(C)c1cccc(-c2cnn(C)c2)c1. The Morgan fingerprint density at radius 2 is 1.93 bits per heavy atom. The van der Waals surface area contributed by atoms with Gasteiger partial charge < -0.3 is 10.6 Å². The number of aromatic nitrogens is 2. The number of rotatable bonds is 4. The molecule has 29 heavy (non-hydrogen) atoms. The van der Waals surface area contributed by atoms with Crippen LogP contribution in [0.5, 0.6) is 0 Å². The molecule has 0 amide bonds. The molecule has 0 fully saturated rings. The lowest BCUT2D eigenvalue weighted by atomic mass is 9.98. The van der Waals surface area contributed by atoms with Gasteiger partial charge in [0.1, 0.15) is 6.17 Å². The van der Waals surface area contributed by atoms with Crippen LogP contribution in [0.15, 0.2) is 65.9 Å². The van der Waals surface area contributed by atoms with Crippen molar-refractivity contribution in [1.82, 2.24) is 14.7 Å². The molecule has 2 heterocycles. The van der Waals surface area contributed by atoms with E-state index in [0.717, 1.165) is 22.4 Å². The third-order valence-electron chi connectivity index (χ3n) is 5.33. The third-order valence-corrected chi connectivity index (χ3v) is 5.68. The molecule has 3 aromatic rings. The summed E-state index contributed by atoms with van der Waals surface area (Å²) in [5.41, 5.74) is 12.2. The van der Waals surface area contributed by atoms with Crippen molar-refractivity contribution in [2.75, 3.05) is 5.73 Å². The molecular weight excluding hydrogens is 382 g/mol. The number of nitrogen functional groups attached to an aromatic ring is 1. The van der Waals surface area contributed by atoms with Gasteiger partial charge in [-0.2, -0.15) is 5.10 Å². The van der Waals surface area contributed by atoms with Crippen LogP contribution in [-0.2, 0) is 7.05 Å². The minimum Gasteiger partial charge on any atom is -0.398 e. The summed E-state index contributed by atoms with van der Waals surface area (Å²) in [5, 5.41) is 4.86. The zero-order chi connectivity index (χ0) is 20.5. The molecule has 0 saturated carbocycles. The fraction of sp³-hybridized carbons (Fsp3) is 0.217. The first-order valence-corrected chi connectivity index (χ1v) is 9.98. The molecule has 1 aliphatic rings. The van der Waals surface area contributed by atoms with E-state index in [0.29, 0.717) is 10.7 Å². The van der Waals surface area contributed by atoms with Gasteiger partial charge in [-0.15, -0.1) is 0 Å². The maximum absolute atomic E-state index is 6.13. The van der Waals surface area contributed by atoms with Gasteiger partial charge in [-0.3, -0.25) is 9.67 Å². The standard InChI is InChI=1S/C23H24ClN5/c1-15(17-5-4-6-18(11-17)20-13-27-28(3)14-20)29-16(2)26-10-9-23(29)19-7-8-21(24)22(25)12-19/h4-16H,25H2,1-3H3. The molecule has 2 atom stereocenters. The van der Waals surface area contributed by atoms with Gasteiger partial charge in [0.2, 0.25) is 0 Å². The van der Waals surface area contributed by atoms with E-state index in [1.165, 1.54) is 5.56 Å². The first kappa shape index (κ1) is 19.3. The number of halogens is 1. The van der Waals surface area contributed by atoms with E-state index in [4.69, 9.17) is 17.3 Å². The maximum atomic E-state index is 6.13. The first-order valence-electron chi connectivity index (χ1n) is 9.60. The van der Waals surface area contributed by atoms with Crippen molar-refractivity contribution >= 4 is 29.2 Å². The highest BCUT2D eigenvalue weighted by Crippen LogP contribution is 2.36. The Labute approximate surface area is 176 Å². The Balaban J connectivity index is 1.71. The highest BCUT2D eigenvalue weighted by molar-refractivity contribution is 6.33. The molecule has 0 radical (unpaired) electrons. The van der Waals surface area contributed by atoms with Gasteiger partial charge in [-0.25, -0.2) is 0 Å². The number of aliphatic imine (C=N–C) groups is 1. The molecule has 5 nitrogen and oxygen atoms in total. The number of nitrogens with two attached hydrogens (primary N) is 1. The molecule has 2 unspecified atom stereocenters. The Morgan fingerprint density at radius 1 is 1.10 bits per heavy atom. The number of aryl methyl sites for hydroxylation is 1. The lowest BCUT2D eigenvalue weighted by Gasteiger charge is -2.38. The van der Waals surface area contributed by atoms with Crippen molar-refractivity contribution in [1.29, 1.82) is 0 Å². The van der Waals surface area contributed by atoms with Crippen molar-refractivity contribution in [3.8, 4) is 11.1 Å². The minimum atomic E-state index is 0.00366. The van der Waals surface area contributed by atoms with E-state index in [2.05, 4.69) is 53.1 Å². The second-order valence-electron chi connectivity index (χ2n) is 7.33. The molecule has 2 aromatic carbocycles. The molecule has 1 aromatic heterocycles. The molecule has 148 valence electrons. The van der Waals surface area contributed by atoms with Crippen LogP contribution in [0, 0.1) is 0 Å². The predicted octanol–water partition coefficient (Wildman–Crippen LogP) is 5.16. The summed E-state index contributed by atoms with van der Waals surface area (Å²) in [7, 11) is 1.93. The average Bonchev–Trinajstić information content (AvgIpc) is 3.16. The van der Waals surface area contributed by atoms with Gasteiger partial charge in [0, 0.05) is 36.3 Å². The number of allylic oxidation sites excluding steroid dienone is 1. The summed E-state index contributed by atoms with van der Waals surface area (Å²) in [6, 6.07) is 14.5. The normalized spacial score (nSPS) is 17.3. The van der Waals surface area contributed by atoms with Gasteiger partial charge in [-0.05, 0) is 49.2 Å². The second-order valence-corrected chi connectivity index (χ2v) is 7.74. The Kier molecular flexibility index (Phi) is 5.16. The molecule has 0 bridgehead atoms. The molecular formula is C23H24ClN5. The second kappa shape index (κ2) is 7.76. The lowest BCUT2D eigenvalue weighted by Crippen LogP contribution is -2.35. The smallest absolute Gasteiger partial charge is 0.118 e. The van der Waals surface area contributed by atoms with E-state index in [-0.39, 0.29) is 12.2 Å². The summed E-state index contributed by atoms with van der Waals surface area (Å²) < 4.78 is 1.82. The molecule has 0 spiro atoms. The van der Waals surface area contributed by atoms with Crippen molar-refractivity contribution in [2.24, 2.45) is 12.0 Å². The van der Waals surface area contributed by atoms with Crippen molar-refractivity contribution < 1.29 is 0 Å². The van der Waals surface area contributed by atoms with Crippen LogP contribution >= 0.6 is 11.6 Å². The molecule has 4 rings (SSSR count). The van der Waals surface area contributed by atoms with Gasteiger partial charge in [0.25, 0.3) is 0 Å². The quantitative estimate of drug-likeness (QED) is 0.610. The fourth-order valence-electron chi connectivity index (χ4n) is 3.79. The van der Waals surface area contributed by atoms with Crippen LogP contribution in [0.25, 0.3) is 16.8 Å². The predicted molar refractivity (Wildman–Crippen MR) is 121 cm³/mol. The first-order chi connectivity index (χ1) is 13.9. The maximum Gasteiger partial charge on any atom is 0.118 e. The number of hydrogen-bond donors (Lipinski definition) is 1. The van der Waals surface area contributed by atoms with Gasteiger partial charge in [-0.1, -0.05) is 35.9 Å².